The number of alkyl halides is 4. The number of nitrogens with one attached hydrogen (secondary N) is 1. The summed E-state index contributed by atoms with van der Waals surface area (Å²) >= 11 is 6.15. The van der Waals surface area contributed by atoms with Gasteiger partial charge >= 0.3 is 6.18 Å². The lowest BCUT2D eigenvalue weighted by Crippen LogP contribution is -2.09. The molecule has 1 unspecified atom stereocenters. The Kier molecular flexibility index (Phi) is 4.14. The van der Waals surface area contributed by atoms with Crippen molar-refractivity contribution in [3.63, 3.8) is 0 Å². The summed E-state index contributed by atoms with van der Waals surface area (Å²) in [5.41, 5.74) is 0.132. The normalized spacial score (nSPS) is 13.5. The van der Waals surface area contributed by atoms with Crippen LogP contribution in [0, 0.1) is 0 Å². The van der Waals surface area contributed by atoms with E-state index in [4.69, 9.17) is 11.6 Å². The Morgan fingerprint density at radius 2 is 1.84 bits per heavy atom. The average molecular weight is 289 g/mol. The number of aromatic nitrogens is 2. The van der Waals surface area contributed by atoms with E-state index in [0.717, 1.165) is 23.5 Å². The fourth-order valence-electron chi connectivity index (χ4n) is 1.78. The lowest BCUT2D eigenvalue weighted by atomic mass is 10.1. The highest BCUT2D eigenvalue weighted by atomic mass is 35.5. The topological polar surface area (TPSA) is 28.7 Å². The summed E-state index contributed by atoms with van der Waals surface area (Å²) in [6.45, 7) is 0. The van der Waals surface area contributed by atoms with Gasteiger partial charge in [0, 0.05) is 24.2 Å². The molecule has 19 heavy (non-hydrogen) atoms. The summed E-state index contributed by atoms with van der Waals surface area (Å²) in [6, 6.07) is 5.07. The first-order valence-electron chi connectivity index (χ1n) is 5.73. The quantitative estimate of drug-likeness (QED) is 0.851. The summed E-state index contributed by atoms with van der Waals surface area (Å²) < 4.78 is 37.2. The van der Waals surface area contributed by atoms with Crippen LogP contribution < -0.4 is 0 Å². The molecule has 1 heterocycles. The third-order valence-electron chi connectivity index (χ3n) is 2.71. The number of rotatable bonds is 4. The Balaban J connectivity index is 1.96. The molecule has 1 atom stereocenters. The van der Waals surface area contributed by atoms with Crippen molar-refractivity contribution in [3.8, 4) is 0 Å². The molecule has 0 bridgehead atoms. The van der Waals surface area contributed by atoms with E-state index in [1.807, 2.05) is 0 Å². The maximum Gasteiger partial charge on any atom is 0.416 e. The molecule has 0 fully saturated rings. The maximum absolute atomic E-state index is 12.4. The standard InChI is InChI=1S/C13H12ClF3N2/c14-11(8-12-18-5-6-19-12)7-9-1-3-10(4-2-9)13(15,16)17/h1-6,11H,7-8H2,(H,18,19). The van der Waals surface area contributed by atoms with E-state index in [1.165, 1.54) is 12.1 Å². The number of benzene rings is 1. The Morgan fingerprint density at radius 3 is 2.37 bits per heavy atom. The van der Waals surface area contributed by atoms with Crippen molar-refractivity contribution in [3.05, 3.63) is 53.6 Å². The lowest BCUT2D eigenvalue weighted by molar-refractivity contribution is -0.137. The fraction of sp³-hybridized carbons (Fsp3) is 0.308. The van der Waals surface area contributed by atoms with E-state index >= 15 is 0 Å². The highest BCUT2D eigenvalue weighted by molar-refractivity contribution is 6.20. The van der Waals surface area contributed by atoms with Crippen LogP contribution in [0.2, 0.25) is 0 Å². The van der Waals surface area contributed by atoms with Crippen molar-refractivity contribution in [2.75, 3.05) is 0 Å². The smallest absolute Gasteiger partial charge is 0.349 e. The van der Waals surface area contributed by atoms with Gasteiger partial charge in [-0.2, -0.15) is 13.2 Å². The van der Waals surface area contributed by atoms with Crippen LogP contribution in [-0.2, 0) is 19.0 Å². The lowest BCUT2D eigenvalue weighted by Gasteiger charge is -2.10. The Hall–Kier alpha value is -1.49. The molecular weight excluding hydrogens is 277 g/mol. The Bertz CT molecular complexity index is 506. The molecule has 1 aromatic heterocycles. The number of aromatic amines is 1. The molecule has 1 N–H and O–H groups in total. The summed E-state index contributed by atoms with van der Waals surface area (Å²) in [4.78, 5) is 6.99. The Labute approximate surface area is 113 Å². The van der Waals surface area contributed by atoms with Gasteiger partial charge in [0.1, 0.15) is 5.82 Å². The van der Waals surface area contributed by atoms with E-state index in [0.29, 0.717) is 12.8 Å². The van der Waals surface area contributed by atoms with Gasteiger partial charge in [0.2, 0.25) is 0 Å². The van der Waals surface area contributed by atoms with Gasteiger partial charge < -0.3 is 4.98 Å². The molecule has 102 valence electrons. The van der Waals surface area contributed by atoms with Crippen molar-refractivity contribution in [1.82, 2.24) is 9.97 Å². The molecule has 2 aromatic rings. The van der Waals surface area contributed by atoms with E-state index in [2.05, 4.69) is 9.97 Å². The van der Waals surface area contributed by atoms with Gasteiger partial charge in [-0.05, 0) is 24.1 Å². The Morgan fingerprint density at radius 1 is 1.16 bits per heavy atom. The predicted molar refractivity (Wildman–Crippen MR) is 67.1 cm³/mol. The van der Waals surface area contributed by atoms with E-state index < -0.39 is 11.7 Å². The second kappa shape index (κ2) is 5.65. The molecule has 0 saturated heterocycles. The molecule has 6 heteroatoms. The van der Waals surface area contributed by atoms with Crippen molar-refractivity contribution in [2.24, 2.45) is 0 Å². The summed E-state index contributed by atoms with van der Waals surface area (Å²) in [7, 11) is 0. The first kappa shape index (κ1) is 13.9. The second-order valence-electron chi connectivity index (χ2n) is 4.24. The second-order valence-corrected chi connectivity index (χ2v) is 4.85. The highest BCUT2D eigenvalue weighted by Gasteiger charge is 2.29. The van der Waals surface area contributed by atoms with E-state index in [-0.39, 0.29) is 5.38 Å². The molecule has 0 aliphatic heterocycles. The third-order valence-corrected chi connectivity index (χ3v) is 3.02. The number of H-pyrrole nitrogens is 1. The van der Waals surface area contributed by atoms with Crippen LogP contribution in [0.3, 0.4) is 0 Å². The molecule has 2 rings (SSSR count). The predicted octanol–water partition coefficient (Wildman–Crippen LogP) is 3.82. The molecule has 0 aliphatic rings. The van der Waals surface area contributed by atoms with Gasteiger partial charge in [0.05, 0.1) is 5.56 Å². The zero-order chi connectivity index (χ0) is 13.9. The minimum absolute atomic E-state index is 0.206. The van der Waals surface area contributed by atoms with Gasteiger partial charge in [-0.25, -0.2) is 4.98 Å². The number of hydrogen-bond acceptors (Lipinski definition) is 1. The zero-order valence-electron chi connectivity index (χ0n) is 9.91. The number of nitrogens with zero attached hydrogens (tertiary/aromatic N) is 1. The van der Waals surface area contributed by atoms with Gasteiger partial charge in [0.25, 0.3) is 0 Å². The number of hydrogen-bond donors (Lipinski definition) is 1. The number of imidazole rings is 1. The van der Waals surface area contributed by atoms with Crippen LogP contribution in [0.4, 0.5) is 13.2 Å². The summed E-state index contributed by atoms with van der Waals surface area (Å²) in [5.74, 6) is 0.770. The first-order chi connectivity index (χ1) is 8.95. The van der Waals surface area contributed by atoms with Crippen LogP contribution in [0.25, 0.3) is 0 Å². The van der Waals surface area contributed by atoms with Gasteiger partial charge in [-0.3, -0.25) is 0 Å². The summed E-state index contributed by atoms with van der Waals surface area (Å²) in [6.07, 6.45) is 0.0944. The minimum Gasteiger partial charge on any atom is -0.349 e. The number of halogens is 4. The zero-order valence-corrected chi connectivity index (χ0v) is 10.7. The van der Waals surface area contributed by atoms with Gasteiger partial charge in [-0.15, -0.1) is 11.6 Å². The van der Waals surface area contributed by atoms with E-state index in [1.54, 1.807) is 12.4 Å². The van der Waals surface area contributed by atoms with Crippen LogP contribution in [0.1, 0.15) is 17.0 Å². The largest absolute Gasteiger partial charge is 0.416 e. The highest BCUT2D eigenvalue weighted by Crippen LogP contribution is 2.29. The van der Waals surface area contributed by atoms with Crippen molar-refractivity contribution >= 4 is 11.6 Å². The van der Waals surface area contributed by atoms with Crippen molar-refractivity contribution in [1.29, 1.82) is 0 Å². The monoisotopic (exact) mass is 288 g/mol. The molecule has 0 radical (unpaired) electrons. The molecule has 0 saturated carbocycles. The van der Waals surface area contributed by atoms with Crippen LogP contribution in [-0.4, -0.2) is 15.3 Å². The van der Waals surface area contributed by atoms with Crippen molar-refractivity contribution < 1.29 is 13.2 Å². The third kappa shape index (κ3) is 3.99. The van der Waals surface area contributed by atoms with E-state index in [9.17, 15) is 13.2 Å². The first-order valence-corrected chi connectivity index (χ1v) is 6.17. The molecule has 0 spiro atoms. The van der Waals surface area contributed by atoms with Crippen molar-refractivity contribution in [2.45, 2.75) is 24.4 Å². The van der Waals surface area contributed by atoms with Crippen LogP contribution in [0.5, 0.6) is 0 Å². The molecule has 1 aromatic carbocycles. The van der Waals surface area contributed by atoms with Crippen LogP contribution >= 0.6 is 11.6 Å². The van der Waals surface area contributed by atoms with Gasteiger partial charge in [0.15, 0.2) is 0 Å². The average Bonchev–Trinajstić information content (AvgIpc) is 2.81. The summed E-state index contributed by atoms with van der Waals surface area (Å²) in [5, 5.41) is -0.206. The molecule has 2 nitrogen and oxygen atoms in total. The van der Waals surface area contributed by atoms with Gasteiger partial charge in [-0.1, -0.05) is 12.1 Å². The SMILES string of the molecule is FC(F)(F)c1ccc(CC(Cl)Cc2ncc[nH]2)cc1. The minimum atomic E-state index is -4.30. The molecule has 0 aliphatic carbocycles. The fourth-order valence-corrected chi connectivity index (χ4v) is 2.10. The van der Waals surface area contributed by atoms with Crippen LogP contribution in [0.15, 0.2) is 36.7 Å². The molecule has 0 amide bonds. The molecular formula is C13H12ClF3N2. The maximum atomic E-state index is 12.4.